The lowest BCUT2D eigenvalue weighted by atomic mass is 9.89. The topological polar surface area (TPSA) is 55.1 Å². The summed E-state index contributed by atoms with van der Waals surface area (Å²) in [5, 5.41) is 3.30. The number of nitrogens with two attached hydrogens (primary N) is 1. The van der Waals surface area contributed by atoms with Crippen LogP contribution in [0, 0.1) is 0 Å². The van der Waals surface area contributed by atoms with E-state index < -0.39 is 5.54 Å². The molecule has 1 aromatic carbocycles. The van der Waals surface area contributed by atoms with Crippen LogP contribution in [0.25, 0.3) is 0 Å². The van der Waals surface area contributed by atoms with Crippen LogP contribution in [0.15, 0.2) is 18.2 Å². The summed E-state index contributed by atoms with van der Waals surface area (Å²) in [5.41, 5.74) is 8.90. The number of hydrogen-bond acceptors (Lipinski definition) is 2. The van der Waals surface area contributed by atoms with Crippen LogP contribution in [-0.4, -0.2) is 11.4 Å². The first-order chi connectivity index (χ1) is 8.90. The van der Waals surface area contributed by atoms with Crippen molar-refractivity contribution < 1.29 is 4.79 Å². The zero-order valence-corrected chi connectivity index (χ0v) is 12.1. The Morgan fingerprint density at radius 1 is 1.26 bits per heavy atom. The standard InChI is InChI=1S/C16H24N2O/c1-11(18-16(2,3)15(17)19)13-9-8-12-6-4-5-7-14(12)10-13/h8-11,18H,4-7H2,1-3H3,(H2,17,19). The molecule has 3 nitrogen and oxygen atoms in total. The van der Waals surface area contributed by atoms with E-state index in [1.54, 1.807) is 0 Å². The molecule has 3 N–H and O–H groups in total. The summed E-state index contributed by atoms with van der Waals surface area (Å²) in [4.78, 5) is 11.4. The van der Waals surface area contributed by atoms with E-state index in [1.807, 2.05) is 13.8 Å². The molecule has 2 rings (SSSR count). The van der Waals surface area contributed by atoms with E-state index in [-0.39, 0.29) is 11.9 Å². The number of carbonyl (C=O) groups excluding carboxylic acids is 1. The van der Waals surface area contributed by atoms with E-state index >= 15 is 0 Å². The number of carbonyl (C=O) groups is 1. The Kier molecular flexibility index (Phi) is 3.95. The van der Waals surface area contributed by atoms with E-state index in [2.05, 4.69) is 30.4 Å². The minimum absolute atomic E-state index is 0.120. The first-order valence-corrected chi connectivity index (χ1v) is 7.09. The molecule has 0 saturated carbocycles. The Bertz CT molecular complexity index is 480. The Morgan fingerprint density at radius 3 is 2.53 bits per heavy atom. The second kappa shape index (κ2) is 5.33. The van der Waals surface area contributed by atoms with E-state index in [0.717, 1.165) is 0 Å². The molecule has 0 radical (unpaired) electrons. The number of rotatable bonds is 4. The van der Waals surface area contributed by atoms with E-state index in [1.165, 1.54) is 42.4 Å². The van der Waals surface area contributed by atoms with Crippen LogP contribution in [0.1, 0.15) is 56.3 Å². The van der Waals surface area contributed by atoms with Crippen molar-refractivity contribution in [2.24, 2.45) is 5.73 Å². The molecule has 3 heteroatoms. The van der Waals surface area contributed by atoms with Crippen molar-refractivity contribution in [1.29, 1.82) is 0 Å². The summed E-state index contributed by atoms with van der Waals surface area (Å²) in [6.07, 6.45) is 4.96. The van der Waals surface area contributed by atoms with Crippen LogP contribution in [0.4, 0.5) is 0 Å². The summed E-state index contributed by atoms with van der Waals surface area (Å²) in [7, 11) is 0. The summed E-state index contributed by atoms with van der Waals surface area (Å²) < 4.78 is 0. The van der Waals surface area contributed by atoms with Gasteiger partial charge < -0.3 is 5.73 Å². The van der Waals surface area contributed by atoms with Gasteiger partial charge in [0, 0.05) is 6.04 Å². The molecule has 19 heavy (non-hydrogen) atoms. The fourth-order valence-electron chi connectivity index (χ4n) is 2.72. The zero-order valence-electron chi connectivity index (χ0n) is 12.1. The fraction of sp³-hybridized carbons (Fsp3) is 0.562. The van der Waals surface area contributed by atoms with Gasteiger partial charge in [-0.3, -0.25) is 10.1 Å². The lowest BCUT2D eigenvalue weighted by molar-refractivity contribution is -0.123. The van der Waals surface area contributed by atoms with Crippen molar-refractivity contribution in [2.45, 2.75) is 58.0 Å². The average Bonchev–Trinajstić information content (AvgIpc) is 2.37. The monoisotopic (exact) mass is 260 g/mol. The predicted molar refractivity (Wildman–Crippen MR) is 77.9 cm³/mol. The van der Waals surface area contributed by atoms with Gasteiger partial charge in [0.2, 0.25) is 5.91 Å². The normalized spacial score (nSPS) is 16.8. The largest absolute Gasteiger partial charge is 0.368 e. The summed E-state index contributed by atoms with van der Waals surface area (Å²) in [6.45, 7) is 5.73. The molecule has 1 aliphatic carbocycles. The van der Waals surface area contributed by atoms with Gasteiger partial charge in [-0.05, 0) is 63.1 Å². The molecular formula is C16H24N2O. The molecule has 0 bridgehead atoms. The van der Waals surface area contributed by atoms with Crippen molar-refractivity contribution >= 4 is 5.91 Å². The second-order valence-electron chi connectivity index (χ2n) is 6.09. The Morgan fingerprint density at radius 2 is 1.89 bits per heavy atom. The van der Waals surface area contributed by atoms with Crippen LogP contribution in [0.2, 0.25) is 0 Å². The summed E-state index contributed by atoms with van der Waals surface area (Å²) in [5.74, 6) is -0.322. The Balaban J connectivity index is 2.15. The second-order valence-corrected chi connectivity index (χ2v) is 6.09. The highest BCUT2D eigenvalue weighted by Crippen LogP contribution is 2.25. The number of aryl methyl sites for hydroxylation is 2. The van der Waals surface area contributed by atoms with Gasteiger partial charge in [-0.25, -0.2) is 0 Å². The molecule has 0 spiro atoms. The number of primary amides is 1. The third kappa shape index (κ3) is 3.16. The molecule has 1 unspecified atom stereocenters. The Labute approximate surface area is 115 Å². The molecule has 0 aromatic heterocycles. The van der Waals surface area contributed by atoms with Crippen molar-refractivity contribution in [1.82, 2.24) is 5.32 Å². The van der Waals surface area contributed by atoms with Gasteiger partial charge >= 0.3 is 0 Å². The number of benzene rings is 1. The van der Waals surface area contributed by atoms with Gasteiger partial charge in [-0.2, -0.15) is 0 Å². The molecule has 1 atom stereocenters. The lowest BCUT2D eigenvalue weighted by Crippen LogP contribution is -2.51. The first-order valence-electron chi connectivity index (χ1n) is 7.09. The maximum Gasteiger partial charge on any atom is 0.237 e. The van der Waals surface area contributed by atoms with Crippen LogP contribution >= 0.6 is 0 Å². The maximum absolute atomic E-state index is 11.4. The van der Waals surface area contributed by atoms with Gasteiger partial charge in [0.25, 0.3) is 0 Å². The third-order valence-electron chi connectivity index (χ3n) is 4.07. The van der Waals surface area contributed by atoms with Crippen molar-refractivity contribution in [3.8, 4) is 0 Å². The molecule has 0 saturated heterocycles. The number of fused-ring (bicyclic) bond motifs is 1. The minimum Gasteiger partial charge on any atom is -0.368 e. The predicted octanol–water partition coefficient (Wildman–Crippen LogP) is 2.48. The highest BCUT2D eigenvalue weighted by molar-refractivity contribution is 5.83. The van der Waals surface area contributed by atoms with E-state index in [9.17, 15) is 4.79 Å². The number of amides is 1. The number of nitrogens with one attached hydrogen (secondary N) is 1. The molecule has 0 fully saturated rings. The van der Waals surface area contributed by atoms with E-state index in [0.29, 0.717) is 0 Å². The molecule has 1 aromatic rings. The first kappa shape index (κ1) is 14.1. The van der Waals surface area contributed by atoms with Crippen molar-refractivity contribution in [3.63, 3.8) is 0 Å². The smallest absolute Gasteiger partial charge is 0.237 e. The molecule has 0 heterocycles. The maximum atomic E-state index is 11.4. The van der Waals surface area contributed by atoms with Gasteiger partial charge in [0.15, 0.2) is 0 Å². The minimum atomic E-state index is -0.685. The molecule has 104 valence electrons. The summed E-state index contributed by atoms with van der Waals surface area (Å²) in [6, 6.07) is 6.80. The highest BCUT2D eigenvalue weighted by Gasteiger charge is 2.27. The molecule has 1 aliphatic rings. The molecule has 1 amide bonds. The quantitative estimate of drug-likeness (QED) is 0.874. The summed E-state index contributed by atoms with van der Waals surface area (Å²) >= 11 is 0. The van der Waals surface area contributed by atoms with Crippen LogP contribution in [-0.2, 0) is 17.6 Å². The van der Waals surface area contributed by atoms with Crippen LogP contribution in [0.3, 0.4) is 0 Å². The third-order valence-corrected chi connectivity index (χ3v) is 4.07. The lowest BCUT2D eigenvalue weighted by Gasteiger charge is -2.28. The van der Waals surface area contributed by atoms with E-state index in [4.69, 9.17) is 5.73 Å². The zero-order chi connectivity index (χ0) is 14.0. The SMILES string of the molecule is CC(NC(C)(C)C(N)=O)c1ccc2c(c1)CCCC2. The number of hydrogen-bond donors (Lipinski definition) is 2. The van der Waals surface area contributed by atoms with Gasteiger partial charge in [0.1, 0.15) is 0 Å². The van der Waals surface area contributed by atoms with Crippen LogP contribution in [0.5, 0.6) is 0 Å². The van der Waals surface area contributed by atoms with Crippen molar-refractivity contribution in [3.05, 3.63) is 34.9 Å². The molecule has 0 aliphatic heterocycles. The van der Waals surface area contributed by atoms with Gasteiger partial charge in [0.05, 0.1) is 5.54 Å². The fourth-order valence-corrected chi connectivity index (χ4v) is 2.72. The van der Waals surface area contributed by atoms with Gasteiger partial charge in [-0.1, -0.05) is 18.2 Å². The van der Waals surface area contributed by atoms with Crippen LogP contribution < -0.4 is 11.1 Å². The van der Waals surface area contributed by atoms with Gasteiger partial charge in [-0.15, -0.1) is 0 Å². The highest BCUT2D eigenvalue weighted by atomic mass is 16.1. The molecular weight excluding hydrogens is 236 g/mol. The Hall–Kier alpha value is -1.35. The average molecular weight is 260 g/mol. The van der Waals surface area contributed by atoms with Crippen molar-refractivity contribution in [2.75, 3.05) is 0 Å².